The van der Waals surface area contributed by atoms with E-state index in [4.69, 9.17) is 11.6 Å². The van der Waals surface area contributed by atoms with Gasteiger partial charge in [-0.3, -0.25) is 0 Å². The standard InChI is InChI=1S/C20H21ClN4O/c1-14(13-26)23-20-24-18(15-7-3-2-4-8-15)11-19(25-20)22-12-16-9-5-6-10-17(16)21/h2-11,14,26H,12-13H2,1H3,(H2,22,23,24,25)/t14-/m0/s1. The zero-order valence-corrected chi connectivity index (χ0v) is 15.2. The van der Waals surface area contributed by atoms with Gasteiger partial charge < -0.3 is 15.7 Å². The first-order valence-corrected chi connectivity index (χ1v) is 8.82. The maximum atomic E-state index is 9.29. The molecule has 0 unspecified atom stereocenters. The molecule has 0 spiro atoms. The highest BCUT2D eigenvalue weighted by Crippen LogP contribution is 2.23. The molecule has 2 aromatic carbocycles. The van der Waals surface area contributed by atoms with Crippen molar-refractivity contribution < 1.29 is 5.11 Å². The van der Waals surface area contributed by atoms with E-state index in [1.165, 1.54) is 0 Å². The summed E-state index contributed by atoms with van der Waals surface area (Å²) in [5, 5.41) is 16.4. The number of benzene rings is 2. The largest absolute Gasteiger partial charge is 0.394 e. The predicted molar refractivity (Wildman–Crippen MR) is 106 cm³/mol. The van der Waals surface area contributed by atoms with E-state index in [1.54, 1.807) is 0 Å². The van der Waals surface area contributed by atoms with Crippen LogP contribution in [0.15, 0.2) is 60.7 Å². The zero-order valence-electron chi connectivity index (χ0n) is 14.5. The fourth-order valence-electron chi connectivity index (χ4n) is 2.45. The van der Waals surface area contributed by atoms with E-state index in [0.717, 1.165) is 16.8 Å². The monoisotopic (exact) mass is 368 g/mol. The lowest BCUT2D eigenvalue weighted by Crippen LogP contribution is -2.21. The molecule has 6 heteroatoms. The van der Waals surface area contributed by atoms with Crippen molar-refractivity contribution >= 4 is 23.4 Å². The number of rotatable bonds is 7. The van der Waals surface area contributed by atoms with Gasteiger partial charge in [-0.1, -0.05) is 60.1 Å². The van der Waals surface area contributed by atoms with Gasteiger partial charge in [-0.25, -0.2) is 4.98 Å². The maximum absolute atomic E-state index is 9.29. The van der Waals surface area contributed by atoms with E-state index >= 15 is 0 Å². The van der Waals surface area contributed by atoms with Crippen LogP contribution in [0.2, 0.25) is 5.02 Å². The van der Waals surface area contributed by atoms with Crippen molar-refractivity contribution in [3.63, 3.8) is 0 Å². The number of hydrogen-bond donors (Lipinski definition) is 3. The molecule has 1 aromatic heterocycles. The summed E-state index contributed by atoms with van der Waals surface area (Å²) in [7, 11) is 0. The average molecular weight is 369 g/mol. The van der Waals surface area contributed by atoms with E-state index in [-0.39, 0.29) is 12.6 Å². The zero-order chi connectivity index (χ0) is 18.4. The van der Waals surface area contributed by atoms with Gasteiger partial charge >= 0.3 is 0 Å². The fourth-order valence-corrected chi connectivity index (χ4v) is 2.66. The third-order valence-corrected chi connectivity index (χ3v) is 4.23. The topological polar surface area (TPSA) is 70.1 Å². The molecule has 1 heterocycles. The molecule has 0 aliphatic rings. The van der Waals surface area contributed by atoms with Gasteiger partial charge in [-0.05, 0) is 18.6 Å². The van der Waals surface area contributed by atoms with Crippen LogP contribution in [0, 0.1) is 0 Å². The molecule has 5 nitrogen and oxygen atoms in total. The number of hydrogen-bond acceptors (Lipinski definition) is 5. The number of aliphatic hydroxyl groups is 1. The Bertz CT molecular complexity index is 857. The summed E-state index contributed by atoms with van der Waals surface area (Å²) in [5.74, 6) is 1.15. The molecule has 0 amide bonds. The fraction of sp³-hybridized carbons (Fsp3) is 0.200. The number of anilines is 2. The van der Waals surface area contributed by atoms with Crippen LogP contribution in [0.3, 0.4) is 0 Å². The second-order valence-electron chi connectivity index (χ2n) is 6.00. The Labute approximate surface area is 158 Å². The number of nitrogens with one attached hydrogen (secondary N) is 2. The summed E-state index contributed by atoms with van der Waals surface area (Å²) in [5.41, 5.74) is 2.79. The molecule has 134 valence electrons. The van der Waals surface area contributed by atoms with Crippen LogP contribution in [-0.4, -0.2) is 27.7 Å². The van der Waals surface area contributed by atoms with Gasteiger partial charge in [0.1, 0.15) is 5.82 Å². The van der Waals surface area contributed by atoms with Gasteiger partial charge in [-0.15, -0.1) is 0 Å². The van der Waals surface area contributed by atoms with Gasteiger partial charge in [0.2, 0.25) is 5.95 Å². The number of aromatic nitrogens is 2. The second-order valence-corrected chi connectivity index (χ2v) is 6.41. The van der Waals surface area contributed by atoms with Gasteiger partial charge in [0.25, 0.3) is 0 Å². The molecule has 0 bridgehead atoms. The van der Waals surface area contributed by atoms with Crippen molar-refractivity contribution in [2.45, 2.75) is 19.5 Å². The van der Waals surface area contributed by atoms with Crippen molar-refractivity contribution in [1.82, 2.24) is 9.97 Å². The smallest absolute Gasteiger partial charge is 0.225 e. The Balaban J connectivity index is 1.88. The van der Waals surface area contributed by atoms with Crippen LogP contribution >= 0.6 is 11.6 Å². The molecule has 3 N–H and O–H groups in total. The van der Waals surface area contributed by atoms with Crippen LogP contribution in [0.5, 0.6) is 0 Å². The lowest BCUT2D eigenvalue weighted by atomic mass is 10.1. The maximum Gasteiger partial charge on any atom is 0.225 e. The highest BCUT2D eigenvalue weighted by molar-refractivity contribution is 6.31. The third kappa shape index (κ3) is 4.71. The number of nitrogens with zero attached hydrogens (tertiary/aromatic N) is 2. The van der Waals surface area contributed by atoms with Crippen molar-refractivity contribution in [2.75, 3.05) is 17.2 Å². The number of halogens is 1. The molecule has 0 radical (unpaired) electrons. The summed E-state index contributed by atoms with van der Waals surface area (Å²) in [6.07, 6.45) is 0. The van der Waals surface area contributed by atoms with Gasteiger partial charge in [0.05, 0.1) is 12.3 Å². The van der Waals surface area contributed by atoms with Crippen molar-refractivity contribution in [2.24, 2.45) is 0 Å². The molecule has 0 fully saturated rings. The highest BCUT2D eigenvalue weighted by Gasteiger charge is 2.09. The molecule has 26 heavy (non-hydrogen) atoms. The first kappa shape index (κ1) is 18.2. The summed E-state index contributed by atoms with van der Waals surface area (Å²) < 4.78 is 0. The van der Waals surface area contributed by atoms with Gasteiger partial charge in [-0.2, -0.15) is 4.98 Å². The van der Waals surface area contributed by atoms with E-state index in [2.05, 4.69) is 20.6 Å². The third-order valence-electron chi connectivity index (χ3n) is 3.86. The molecule has 0 aliphatic heterocycles. The van der Waals surface area contributed by atoms with Crippen molar-refractivity contribution in [3.05, 3.63) is 71.2 Å². The van der Waals surface area contributed by atoms with Crippen molar-refractivity contribution in [1.29, 1.82) is 0 Å². The summed E-state index contributed by atoms with van der Waals surface area (Å²) >= 11 is 6.22. The van der Waals surface area contributed by atoms with Crippen LogP contribution in [0.25, 0.3) is 11.3 Å². The van der Waals surface area contributed by atoms with Crippen LogP contribution < -0.4 is 10.6 Å². The van der Waals surface area contributed by atoms with Gasteiger partial charge in [0, 0.05) is 29.2 Å². The predicted octanol–water partition coefficient (Wildman–Crippen LogP) is 4.20. The quantitative estimate of drug-likeness (QED) is 0.583. The Hall–Kier alpha value is -2.63. The van der Waals surface area contributed by atoms with E-state index < -0.39 is 0 Å². The molecule has 3 aromatic rings. The number of aliphatic hydroxyl groups excluding tert-OH is 1. The van der Waals surface area contributed by atoms with E-state index in [1.807, 2.05) is 67.6 Å². The lowest BCUT2D eigenvalue weighted by Gasteiger charge is -2.14. The second kappa shape index (κ2) is 8.65. The minimum Gasteiger partial charge on any atom is -0.394 e. The van der Waals surface area contributed by atoms with Crippen molar-refractivity contribution in [3.8, 4) is 11.3 Å². The van der Waals surface area contributed by atoms with Crippen LogP contribution in [0.4, 0.5) is 11.8 Å². The normalized spacial score (nSPS) is 11.8. The summed E-state index contributed by atoms with van der Waals surface area (Å²) in [6.45, 7) is 2.43. The summed E-state index contributed by atoms with van der Waals surface area (Å²) in [6, 6.07) is 19.4. The molecular formula is C20H21ClN4O. The Morgan fingerprint density at radius 3 is 2.50 bits per heavy atom. The first-order chi connectivity index (χ1) is 12.7. The van der Waals surface area contributed by atoms with E-state index in [9.17, 15) is 5.11 Å². The average Bonchev–Trinajstić information content (AvgIpc) is 2.68. The van der Waals surface area contributed by atoms with Gasteiger partial charge in [0.15, 0.2) is 0 Å². The lowest BCUT2D eigenvalue weighted by molar-refractivity contribution is 0.281. The molecule has 0 saturated carbocycles. The summed E-state index contributed by atoms with van der Waals surface area (Å²) in [4.78, 5) is 9.07. The molecular weight excluding hydrogens is 348 g/mol. The van der Waals surface area contributed by atoms with E-state index in [0.29, 0.717) is 23.3 Å². The van der Waals surface area contributed by atoms with Crippen LogP contribution in [-0.2, 0) is 6.54 Å². The molecule has 0 saturated heterocycles. The Morgan fingerprint density at radius 2 is 1.77 bits per heavy atom. The first-order valence-electron chi connectivity index (χ1n) is 8.45. The molecule has 1 atom stereocenters. The minimum absolute atomic E-state index is 0.00130. The Kier molecular flexibility index (Phi) is 6.04. The minimum atomic E-state index is -0.141. The van der Waals surface area contributed by atoms with Crippen LogP contribution in [0.1, 0.15) is 12.5 Å². The SMILES string of the molecule is C[C@@H](CO)Nc1nc(NCc2ccccc2Cl)cc(-c2ccccc2)n1. The highest BCUT2D eigenvalue weighted by atomic mass is 35.5. The molecule has 3 rings (SSSR count). The Morgan fingerprint density at radius 1 is 1.04 bits per heavy atom. The molecule has 0 aliphatic carbocycles.